The van der Waals surface area contributed by atoms with Gasteiger partial charge in [-0.2, -0.15) is 0 Å². The highest BCUT2D eigenvalue weighted by Crippen LogP contribution is 2.12. The summed E-state index contributed by atoms with van der Waals surface area (Å²) in [5.41, 5.74) is 0. The third kappa shape index (κ3) is 57.8. The molecule has 0 aliphatic heterocycles. The lowest BCUT2D eigenvalue weighted by Crippen LogP contribution is -2.30. The van der Waals surface area contributed by atoms with Gasteiger partial charge in [0.05, 0.1) is 0 Å². The summed E-state index contributed by atoms with van der Waals surface area (Å²) < 4.78 is 16.8. The van der Waals surface area contributed by atoms with Crippen LogP contribution in [0.25, 0.3) is 0 Å². The first kappa shape index (κ1) is 68.0. The SMILES string of the molecule is CC/C=C\C/C=C\C/C=C\C/C=C\C/C=C\CCCCCC(=O)OC[C@H](COC(=O)CCCCCC/C=C\C/C=C\C/C=C\CCCCC)OC(=O)CCCCC/C=C\C/C=C\C/C=C\C/C=C\C/C=C\CC. The molecule has 6 nitrogen and oxygen atoms in total. The van der Waals surface area contributed by atoms with Gasteiger partial charge in [0.25, 0.3) is 0 Å². The van der Waals surface area contributed by atoms with Gasteiger partial charge in [0.1, 0.15) is 13.2 Å². The van der Waals surface area contributed by atoms with Crippen LogP contribution in [0.3, 0.4) is 0 Å². The molecule has 408 valence electrons. The number of carbonyl (C=O) groups excluding carboxylic acids is 3. The van der Waals surface area contributed by atoms with Gasteiger partial charge in [-0.15, -0.1) is 0 Å². The van der Waals surface area contributed by atoms with Gasteiger partial charge < -0.3 is 14.2 Å². The van der Waals surface area contributed by atoms with E-state index in [1.165, 1.54) is 25.7 Å². The molecule has 0 fully saturated rings. The lowest BCUT2D eigenvalue weighted by atomic mass is 10.1. The summed E-state index contributed by atoms with van der Waals surface area (Å²) in [6, 6.07) is 0. The molecule has 0 bridgehead atoms. The largest absolute Gasteiger partial charge is 0.462 e. The molecular formula is C67H104O6. The highest BCUT2D eigenvalue weighted by Gasteiger charge is 2.19. The second kappa shape index (κ2) is 59.6. The topological polar surface area (TPSA) is 78.9 Å². The molecule has 0 rings (SSSR count). The summed E-state index contributed by atoms with van der Waals surface area (Å²) in [6.45, 7) is 6.29. The van der Waals surface area contributed by atoms with E-state index in [0.717, 1.165) is 154 Å². The van der Waals surface area contributed by atoms with Crippen molar-refractivity contribution in [2.75, 3.05) is 13.2 Å². The summed E-state index contributed by atoms with van der Waals surface area (Å²) in [6.07, 6.45) is 86.5. The Bertz CT molecular complexity index is 1670. The quantitative estimate of drug-likeness (QED) is 0.0261. The van der Waals surface area contributed by atoms with Crippen molar-refractivity contribution in [2.24, 2.45) is 0 Å². The van der Waals surface area contributed by atoms with Gasteiger partial charge in [-0.25, -0.2) is 0 Å². The number of rotatable bonds is 50. The molecule has 73 heavy (non-hydrogen) atoms. The highest BCUT2D eigenvalue weighted by atomic mass is 16.6. The normalized spacial score (nSPS) is 13.3. The fraction of sp³-hybridized carbons (Fsp3) is 0.567. The van der Waals surface area contributed by atoms with Crippen molar-refractivity contribution in [2.45, 2.75) is 232 Å². The first-order valence-electron chi connectivity index (χ1n) is 29.0. The van der Waals surface area contributed by atoms with Crippen molar-refractivity contribution >= 4 is 17.9 Å². The molecule has 0 radical (unpaired) electrons. The molecule has 0 saturated heterocycles. The second-order valence-electron chi connectivity index (χ2n) is 18.4. The van der Waals surface area contributed by atoms with E-state index >= 15 is 0 Å². The van der Waals surface area contributed by atoms with Gasteiger partial charge in [0, 0.05) is 19.3 Å². The van der Waals surface area contributed by atoms with E-state index in [1.807, 2.05) is 0 Å². The van der Waals surface area contributed by atoms with Gasteiger partial charge in [0.15, 0.2) is 6.10 Å². The van der Waals surface area contributed by atoms with Gasteiger partial charge in [-0.05, 0) is 148 Å². The van der Waals surface area contributed by atoms with Crippen molar-refractivity contribution < 1.29 is 28.6 Å². The first-order chi connectivity index (χ1) is 36.0. The third-order valence-corrected chi connectivity index (χ3v) is 11.5. The van der Waals surface area contributed by atoms with E-state index in [1.54, 1.807) is 0 Å². The molecule has 0 heterocycles. The van der Waals surface area contributed by atoms with E-state index in [4.69, 9.17) is 14.2 Å². The van der Waals surface area contributed by atoms with E-state index in [0.29, 0.717) is 19.3 Å². The van der Waals surface area contributed by atoms with Crippen LogP contribution < -0.4 is 0 Å². The minimum atomic E-state index is -0.828. The number of carbonyl (C=O) groups is 3. The molecule has 0 unspecified atom stereocenters. The van der Waals surface area contributed by atoms with Crippen molar-refractivity contribution in [3.63, 3.8) is 0 Å². The fourth-order valence-electron chi connectivity index (χ4n) is 7.21. The molecule has 6 heteroatoms. The number of esters is 3. The second-order valence-corrected chi connectivity index (χ2v) is 18.4. The first-order valence-corrected chi connectivity index (χ1v) is 29.0. The number of allylic oxidation sites excluding steroid dienone is 26. The molecule has 1 atom stereocenters. The number of hydrogen-bond acceptors (Lipinski definition) is 6. The van der Waals surface area contributed by atoms with Crippen molar-refractivity contribution in [1.29, 1.82) is 0 Å². The molecule has 0 amide bonds. The summed E-state index contributed by atoms with van der Waals surface area (Å²) in [4.78, 5) is 38.2. The Morgan fingerprint density at radius 1 is 0.288 bits per heavy atom. The Morgan fingerprint density at radius 2 is 0.534 bits per heavy atom. The molecule has 0 aliphatic carbocycles. The number of unbranched alkanes of at least 4 members (excludes halogenated alkanes) is 13. The summed E-state index contributed by atoms with van der Waals surface area (Å²) in [5, 5.41) is 0. The zero-order chi connectivity index (χ0) is 52.9. The number of ether oxygens (including phenoxy) is 3. The van der Waals surface area contributed by atoms with Gasteiger partial charge in [0.2, 0.25) is 0 Å². The van der Waals surface area contributed by atoms with Crippen LogP contribution in [0.2, 0.25) is 0 Å². The minimum Gasteiger partial charge on any atom is -0.462 e. The maximum atomic E-state index is 12.9. The average Bonchev–Trinajstić information content (AvgIpc) is 3.39. The monoisotopic (exact) mass is 1000 g/mol. The summed E-state index contributed by atoms with van der Waals surface area (Å²) in [5.74, 6) is -1.01. The highest BCUT2D eigenvalue weighted by molar-refractivity contribution is 5.71. The van der Waals surface area contributed by atoms with E-state index in [9.17, 15) is 14.4 Å². The molecular weight excluding hydrogens is 901 g/mol. The lowest BCUT2D eigenvalue weighted by Gasteiger charge is -2.18. The third-order valence-electron chi connectivity index (χ3n) is 11.5. The smallest absolute Gasteiger partial charge is 0.306 e. The Hall–Kier alpha value is -4.97. The van der Waals surface area contributed by atoms with Crippen molar-refractivity contribution in [3.8, 4) is 0 Å². The van der Waals surface area contributed by atoms with Crippen LogP contribution >= 0.6 is 0 Å². The molecule has 0 aromatic rings. The van der Waals surface area contributed by atoms with E-state index in [2.05, 4.69) is 179 Å². The minimum absolute atomic E-state index is 0.121. The van der Waals surface area contributed by atoms with Crippen LogP contribution in [0, 0.1) is 0 Å². The summed E-state index contributed by atoms with van der Waals surface area (Å²) >= 11 is 0. The van der Waals surface area contributed by atoms with Crippen LogP contribution in [-0.2, 0) is 28.6 Å². The average molecular weight is 1010 g/mol. The van der Waals surface area contributed by atoms with Gasteiger partial charge in [-0.1, -0.05) is 217 Å². The Labute approximate surface area is 448 Å². The zero-order valence-electron chi connectivity index (χ0n) is 46.6. The molecule has 0 saturated carbocycles. The Kier molecular flexibility index (Phi) is 55.5. The molecule has 0 aromatic heterocycles. The predicted octanol–water partition coefficient (Wildman–Crippen LogP) is 19.8. The van der Waals surface area contributed by atoms with Crippen molar-refractivity contribution in [1.82, 2.24) is 0 Å². The predicted molar refractivity (Wildman–Crippen MR) is 315 cm³/mol. The van der Waals surface area contributed by atoms with Crippen LogP contribution in [0.4, 0.5) is 0 Å². The van der Waals surface area contributed by atoms with Crippen molar-refractivity contribution in [3.05, 3.63) is 158 Å². The maximum absolute atomic E-state index is 12.9. The molecule has 0 aromatic carbocycles. The summed E-state index contributed by atoms with van der Waals surface area (Å²) in [7, 11) is 0. The molecule has 0 spiro atoms. The van der Waals surface area contributed by atoms with E-state index in [-0.39, 0.29) is 37.5 Å². The fourth-order valence-corrected chi connectivity index (χ4v) is 7.21. The molecule has 0 N–H and O–H groups in total. The van der Waals surface area contributed by atoms with Gasteiger partial charge in [-0.3, -0.25) is 14.4 Å². The molecule has 0 aliphatic rings. The maximum Gasteiger partial charge on any atom is 0.306 e. The zero-order valence-corrected chi connectivity index (χ0v) is 46.6. The number of hydrogen-bond donors (Lipinski definition) is 0. The standard InChI is InChI=1S/C67H104O6/c1-4-7-10-13-16-19-22-25-28-31-33-36-39-42-45-48-51-54-57-60-66(69)72-63-64(62-71-65(68)59-56-53-50-47-44-41-38-35-30-27-24-21-18-15-12-9-6-3)73-67(70)61-58-55-52-49-46-43-40-37-34-32-29-26-23-20-17-14-11-8-5-2/h7-8,10-11,16-21,25-30,33-34,36-38,41-43,45-46,64H,4-6,9,12-15,22-24,31-32,35,39-40,44,47-63H2,1-3H3/b10-7-,11-8-,19-16-,20-17-,21-18-,28-25-,29-26-,30-27-,36-33-,37-34-,41-38-,45-42-,46-43-/t64-/m0/s1. The van der Waals surface area contributed by atoms with Crippen LogP contribution in [-0.4, -0.2) is 37.2 Å². The van der Waals surface area contributed by atoms with Gasteiger partial charge >= 0.3 is 17.9 Å². The lowest BCUT2D eigenvalue weighted by molar-refractivity contribution is -0.167. The Morgan fingerprint density at radius 3 is 0.836 bits per heavy atom. The van der Waals surface area contributed by atoms with Crippen LogP contribution in [0.15, 0.2) is 158 Å². The van der Waals surface area contributed by atoms with Crippen LogP contribution in [0.5, 0.6) is 0 Å². The van der Waals surface area contributed by atoms with Crippen LogP contribution in [0.1, 0.15) is 226 Å². The van der Waals surface area contributed by atoms with E-state index < -0.39 is 6.10 Å². The Balaban J connectivity index is 4.60.